The van der Waals surface area contributed by atoms with Gasteiger partial charge in [0.05, 0.1) is 34.4 Å². The first-order valence-electron chi connectivity index (χ1n) is 20.0. The Labute approximate surface area is 363 Å². The number of ketones is 1. The molecule has 9 nitrogen and oxygen atoms in total. The molecule has 5 aromatic rings. The molecule has 0 saturated carbocycles. The topological polar surface area (TPSA) is 97.5 Å². The predicted octanol–water partition coefficient (Wildman–Crippen LogP) is 11.1. The van der Waals surface area contributed by atoms with Crippen LogP contribution in [0.3, 0.4) is 0 Å². The van der Waals surface area contributed by atoms with Crippen molar-refractivity contribution in [3.05, 3.63) is 126 Å². The third-order valence-corrected chi connectivity index (χ3v) is 10.6. The lowest BCUT2D eigenvalue weighted by atomic mass is 9.91. The number of carbonyl (C=O) groups excluding carboxylic acids is 2. The van der Waals surface area contributed by atoms with Crippen LogP contribution in [0.5, 0.6) is 11.5 Å². The van der Waals surface area contributed by atoms with Crippen molar-refractivity contribution in [1.82, 2.24) is 19.6 Å². The van der Waals surface area contributed by atoms with Crippen LogP contribution in [0.15, 0.2) is 24.3 Å². The lowest BCUT2D eigenvalue weighted by Crippen LogP contribution is -2.20. The van der Waals surface area contributed by atoms with E-state index in [0.29, 0.717) is 23.7 Å². The molecule has 0 aliphatic rings. The van der Waals surface area contributed by atoms with Crippen LogP contribution >= 0.6 is 0 Å². The van der Waals surface area contributed by atoms with Gasteiger partial charge >= 0.3 is 12.1 Å². The fourth-order valence-corrected chi connectivity index (χ4v) is 7.60. The Hall–Kier alpha value is -5.67. The van der Waals surface area contributed by atoms with E-state index in [9.17, 15) is 40.3 Å². The van der Waals surface area contributed by atoms with Gasteiger partial charge < -0.3 is 14.2 Å². The standard InChI is InChI=1S/C27H27F7N2O2.C20H28N2O3/c1-12-8-13(2)16(14(3)9-12)11-36-23(24(38-7)25(35-36)26(4,5)6)17(37)10-15-19(28)21(30)18(27(32,33)34)22(31)20(15)29;1-12-9-13(2)15(14(3)10-12)11-22-16(19(23)25-8)17(24-7)18(21-22)20(4,5)6/h8-9H,10-11H2,1-7H3;9-10H,11H2,1-8H3. The van der Waals surface area contributed by atoms with Crippen LogP contribution in [0, 0.1) is 64.8 Å². The lowest BCUT2D eigenvalue weighted by molar-refractivity contribution is -0.143. The summed E-state index contributed by atoms with van der Waals surface area (Å²) in [6.45, 7) is 23.9. The predicted molar refractivity (Wildman–Crippen MR) is 225 cm³/mol. The Morgan fingerprint density at radius 2 is 0.921 bits per heavy atom. The van der Waals surface area contributed by atoms with E-state index >= 15 is 0 Å². The number of rotatable bonds is 10. The van der Waals surface area contributed by atoms with Crippen molar-refractivity contribution >= 4 is 11.8 Å². The van der Waals surface area contributed by atoms with Crippen LogP contribution in [0.4, 0.5) is 30.7 Å². The van der Waals surface area contributed by atoms with Gasteiger partial charge in [0.2, 0.25) is 0 Å². The maximum absolute atomic E-state index is 14.6. The normalized spacial score (nSPS) is 12.0. The SMILES string of the molecule is COC(=O)c1c(OC)c(C(C)(C)C)nn1Cc1c(C)cc(C)cc1C.COc1c(C(C)(C)C)nn(Cc2c(C)cc(C)cc2C)c1C(=O)Cc1c(F)c(F)c(C(F)(F)F)c(F)c1F. The molecule has 0 fully saturated rings. The lowest BCUT2D eigenvalue weighted by Gasteiger charge is -2.16. The summed E-state index contributed by atoms with van der Waals surface area (Å²) >= 11 is 0. The van der Waals surface area contributed by atoms with E-state index in [1.54, 1.807) is 32.6 Å². The number of benzene rings is 3. The Morgan fingerprint density at radius 3 is 1.24 bits per heavy atom. The summed E-state index contributed by atoms with van der Waals surface area (Å²) in [7, 11) is 4.19. The average Bonchev–Trinajstić information content (AvgIpc) is 3.73. The molecule has 0 N–H and O–H groups in total. The van der Waals surface area contributed by atoms with Crippen LogP contribution in [-0.2, 0) is 41.3 Å². The number of methoxy groups -OCH3 is 3. The zero-order chi connectivity index (χ0) is 47.8. The number of aromatic nitrogens is 4. The minimum absolute atomic E-state index is 0.0152. The second-order valence-electron chi connectivity index (χ2n) is 17.7. The number of hydrogen-bond acceptors (Lipinski definition) is 7. The maximum Gasteiger partial charge on any atom is 0.422 e. The van der Waals surface area contributed by atoms with Crippen molar-refractivity contribution < 1.29 is 54.5 Å². The third kappa shape index (κ3) is 10.4. The molecule has 0 radical (unpaired) electrons. The van der Waals surface area contributed by atoms with Gasteiger partial charge in [-0.2, -0.15) is 23.4 Å². The minimum Gasteiger partial charge on any atom is -0.492 e. The van der Waals surface area contributed by atoms with Gasteiger partial charge in [-0.1, -0.05) is 76.9 Å². The van der Waals surface area contributed by atoms with Crippen LogP contribution in [0.2, 0.25) is 0 Å². The molecule has 0 saturated heterocycles. The molecule has 0 bridgehead atoms. The van der Waals surface area contributed by atoms with Crippen molar-refractivity contribution in [3.63, 3.8) is 0 Å². The summed E-state index contributed by atoms with van der Waals surface area (Å²) in [6, 6.07) is 8.14. The van der Waals surface area contributed by atoms with Crippen molar-refractivity contribution in [2.45, 2.75) is 120 Å². The number of halogens is 7. The molecule has 0 amide bonds. The van der Waals surface area contributed by atoms with Crippen molar-refractivity contribution in [3.8, 4) is 11.5 Å². The highest BCUT2D eigenvalue weighted by molar-refractivity contribution is 5.99. The second kappa shape index (κ2) is 18.6. The van der Waals surface area contributed by atoms with Crippen LogP contribution in [0.25, 0.3) is 0 Å². The molecule has 0 unspecified atom stereocenters. The van der Waals surface area contributed by atoms with E-state index < -0.39 is 64.2 Å². The van der Waals surface area contributed by atoms with E-state index in [-0.39, 0.29) is 23.4 Å². The van der Waals surface area contributed by atoms with Crippen LogP contribution in [-0.4, -0.2) is 52.6 Å². The molecule has 5 rings (SSSR count). The van der Waals surface area contributed by atoms with Crippen molar-refractivity contribution in [2.24, 2.45) is 0 Å². The fourth-order valence-electron chi connectivity index (χ4n) is 7.60. The molecule has 16 heteroatoms. The van der Waals surface area contributed by atoms with Crippen molar-refractivity contribution in [2.75, 3.05) is 21.3 Å². The summed E-state index contributed by atoms with van der Waals surface area (Å²) in [5.41, 5.74) is 4.43. The number of hydrogen-bond donors (Lipinski definition) is 0. The molecule has 0 spiro atoms. The summed E-state index contributed by atoms with van der Waals surface area (Å²) in [5, 5.41) is 9.24. The van der Waals surface area contributed by atoms with E-state index in [2.05, 4.69) is 38.0 Å². The Bertz CT molecular complexity index is 2480. The first-order chi connectivity index (χ1) is 29.0. The van der Waals surface area contributed by atoms with E-state index in [1.807, 2.05) is 53.7 Å². The third-order valence-electron chi connectivity index (χ3n) is 10.6. The quantitative estimate of drug-likeness (QED) is 0.0596. The van der Waals surface area contributed by atoms with Gasteiger partial charge in [-0.3, -0.25) is 9.48 Å². The van der Waals surface area contributed by atoms with Gasteiger partial charge in [0.25, 0.3) is 0 Å². The maximum atomic E-state index is 14.6. The second-order valence-corrected chi connectivity index (χ2v) is 17.7. The van der Waals surface area contributed by atoms with Crippen LogP contribution in [0.1, 0.15) is 130 Å². The first kappa shape index (κ1) is 50.0. The zero-order valence-electron chi connectivity index (χ0n) is 38.4. The Kier molecular flexibility index (Phi) is 14.7. The molecule has 2 heterocycles. The van der Waals surface area contributed by atoms with Gasteiger partial charge in [-0.25, -0.2) is 27.0 Å². The average molecular weight is 889 g/mol. The molecule has 2 aromatic heterocycles. The molecule has 342 valence electrons. The van der Waals surface area contributed by atoms with Gasteiger partial charge in [0.15, 0.2) is 46.2 Å². The summed E-state index contributed by atoms with van der Waals surface area (Å²) in [4.78, 5) is 25.8. The van der Waals surface area contributed by atoms with Gasteiger partial charge in [-0.15, -0.1) is 0 Å². The summed E-state index contributed by atoms with van der Waals surface area (Å²) in [5.74, 6) is -10.9. The van der Waals surface area contributed by atoms with Crippen molar-refractivity contribution in [1.29, 1.82) is 0 Å². The monoisotopic (exact) mass is 888 g/mol. The van der Waals surface area contributed by atoms with E-state index in [1.165, 1.54) is 35.6 Å². The molecule has 3 aromatic carbocycles. The van der Waals surface area contributed by atoms with Crippen LogP contribution < -0.4 is 9.47 Å². The number of esters is 1. The first-order valence-corrected chi connectivity index (χ1v) is 20.0. The molecular weight excluding hydrogens is 834 g/mol. The van der Waals surface area contributed by atoms with E-state index in [4.69, 9.17) is 19.3 Å². The molecular formula is C47H55F7N4O5. The minimum atomic E-state index is -5.69. The Morgan fingerprint density at radius 1 is 0.571 bits per heavy atom. The highest BCUT2D eigenvalue weighted by atomic mass is 19.4. The van der Waals surface area contributed by atoms with Gasteiger partial charge in [-0.05, 0) is 74.9 Å². The number of aryl methyl sites for hydroxylation is 6. The van der Waals surface area contributed by atoms with Gasteiger partial charge in [0, 0.05) is 22.8 Å². The number of alkyl halides is 3. The summed E-state index contributed by atoms with van der Waals surface area (Å²) in [6.07, 6.45) is -6.97. The molecule has 63 heavy (non-hydrogen) atoms. The molecule has 0 aliphatic carbocycles. The smallest absolute Gasteiger partial charge is 0.422 e. The highest BCUT2D eigenvalue weighted by Crippen LogP contribution is 2.39. The Balaban J connectivity index is 0.000000302. The van der Waals surface area contributed by atoms with Gasteiger partial charge in [0.1, 0.15) is 22.6 Å². The highest BCUT2D eigenvalue weighted by Gasteiger charge is 2.43. The number of carbonyl (C=O) groups is 2. The zero-order valence-corrected chi connectivity index (χ0v) is 38.4. The van der Waals surface area contributed by atoms with E-state index in [0.717, 1.165) is 33.5 Å². The fraction of sp³-hybridized carbons (Fsp3) is 0.447. The number of nitrogens with zero attached hydrogens (tertiary/aromatic N) is 4. The molecule has 0 aliphatic heterocycles. The number of ether oxygens (including phenoxy) is 3. The summed E-state index contributed by atoms with van der Waals surface area (Å²) < 4.78 is 115. The largest absolute Gasteiger partial charge is 0.492 e. The molecule has 0 atom stereocenters. The number of Topliss-reactive ketones (excluding diaryl/α,β-unsaturated/α-hetero) is 1.